The van der Waals surface area contributed by atoms with Gasteiger partial charge in [-0.05, 0) is 31.0 Å². The number of benzene rings is 1. The molecule has 24 heavy (non-hydrogen) atoms. The summed E-state index contributed by atoms with van der Waals surface area (Å²) in [5.41, 5.74) is 4.19. The summed E-state index contributed by atoms with van der Waals surface area (Å²) in [4.78, 5) is 16.5. The third kappa shape index (κ3) is 3.45. The van der Waals surface area contributed by atoms with Crippen LogP contribution in [0.2, 0.25) is 5.02 Å². The topological polar surface area (TPSA) is 42.1 Å². The molecule has 2 aliphatic heterocycles. The van der Waals surface area contributed by atoms with Crippen LogP contribution in [0.1, 0.15) is 26.7 Å². The average Bonchev–Trinajstić information content (AvgIpc) is 2.91. The van der Waals surface area contributed by atoms with Crippen LogP contribution in [0.4, 0.5) is 10.5 Å². The fraction of sp³-hybridized carbons (Fsp3) is 0.588. The van der Waals surface area contributed by atoms with E-state index in [0.29, 0.717) is 0 Å². The Morgan fingerprint density at radius 1 is 1.21 bits per heavy atom. The van der Waals surface area contributed by atoms with Gasteiger partial charge in [-0.15, -0.1) is 5.12 Å². The Labute approximate surface area is 148 Å². The summed E-state index contributed by atoms with van der Waals surface area (Å²) in [6.45, 7) is 8.61. The van der Waals surface area contributed by atoms with E-state index in [1.54, 1.807) is 0 Å². The van der Waals surface area contributed by atoms with Gasteiger partial charge >= 0.3 is 6.03 Å². The molecule has 3 rings (SSSR count). The van der Waals surface area contributed by atoms with Gasteiger partial charge in [0.15, 0.2) is 0 Å². The molecule has 0 spiro atoms. The van der Waals surface area contributed by atoms with Crippen molar-refractivity contribution in [2.24, 2.45) is 0 Å². The van der Waals surface area contributed by atoms with Crippen molar-refractivity contribution in [2.45, 2.75) is 32.9 Å². The number of anilines is 1. The highest BCUT2D eigenvalue weighted by molar-refractivity contribution is 6.30. The summed E-state index contributed by atoms with van der Waals surface area (Å²) < 4.78 is 0. The number of piperazine rings is 1. The van der Waals surface area contributed by atoms with E-state index in [1.807, 2.05) is 28.2 Å². The van der Waals surface area contributed by atoms with E-state index in [1.165, 1.54) is 0 Å². The van der Waals surface area contributed by atoms with Gasteiger partial charge in [0.1, 0.15) is 6.17 Å². The lowest BCUT2D eigenvalue weighted by Gasteiger charge is -2.41. The number of nitrogens with one attached hydrogen (secondary N) is 1. The number of hydrogen-bond acceptors (Lipinski definition) is 4. The van der Waals surface area contributed by atoms with Crippen LogP contribution in [0.3, 0.4) is 0 Å². The smallest absolute Gasteiger partial charge is 0.334 e. The summed E-state index contributed by atoms with van der Waals surface area (Å²) in [6.07, 6.45) is 1.99. The lowest BCUT2D eigenvalue weighted by atomic mass is 10.2. The zero-order valence-electron chi connectivity index (χ0n) is 14.4. The van der Waals surface area contributed by atoms with E-state index in [0.717, 1.165) is 56.3 Å². The highest BCUT2D eigenvalue weighted by Crippen LogP contribution is 2.23. The number of hydrazine groups is 2. The van der Waals surface area contributed by atoms with E-state index in [4.69, 9.17) is 11.6 Å². The second-order valence-electron chi connectivity index (χ2n) is 6.26. The van der Waals surface area contributed by atoms with Gasteiger partial charge in [0.25, 0.3) is 0 Å². The molecule has 1 N–H and O–H groups in total. The first-order chi connectivity index (χ1) is 11.6. The number of halogens is 1. The molecule has 6 nitrogen and oxygen atoms in total. The Balaban J connectivity index is 1.63. The first-order valence-electron chi connectivity index (χ1n) is 8.76. The van der Waals surface area contributed by atoms with Crippen LogP contribution in [0, 0.1) is 0 Å². The SMILES string of the molecule is CCCN1C(=O)NN(N2CCN(c3cccc(Cl)c3)CC2)C1CC. The van der Waals surface area contributed by atoms with E-state index >= 15 is 0 Å². The Kier molecular flexibility index (Phi) is 5.48. The van der Waals surface area contributed by atoms with Gasteiger partial charge in [-0.3, -0.25) is 5.43 Å². The molecule has 2 saturated heterocycles. The number of rotatable bonds is 5. The van der Waals surface area contributed by atoms with Gasteiger partial charge in [0.05, 0.1) is 0 Å². The van der Waals surface area contributed by atoms with Crippen LogP contribution < -0.4 is 10.3 Å². The van der Waals surface area contributed by atoms with E-state index < -0.39 is 0 Å². The van der Waals surface area contributed by atoms with Crippen LogP contribution in [0.25, 0.3) is 0 Å². The Hall–Kier alpha value is -1.50. The third-order valence-electron chi connectivity index (χ3n) is 4.68. The molecule has 0 aromatic heterocycles. The Morgan fingerprint density at radius 3 is 2.58 bits per heavy atom. The van der Waals surface area contributed by atoms with Crippen LogP contribution >= 0.6 is 11.6 Å². The largest absolute Gasteiger partial charge is 0.369 e. The summed E-state index contributed by atoms with van der Waals surface area (Å²) in [5.74, 6) is 0. The number of hydrogen-bond donors (Lipinski definition) is 1. The minimum atomic E-state index is 0.0148. The molecule has 7 heteroatoms. The standard InChI is InChI=1S/C17H26ClN5O/c1-3-8-22-16(4-2)23(19-17(22)24)21-11-9-20(10-12-21)15-7-5-6-14(18)13-15/h5-7,13,16H,3-4,8-12H2,1-2H3,(H,19,24). The molecular weight excluding hydrogens is 326 g/mol. The Morgan fingerprint density at radius 2 is 1.96 bits per heavy atom. The molecule has 132 valence electrons. The number of carbonyl (C=O) groups is 1. The number of amides is 2. The fourth-order valence-corrected chi connectivity index (χ4v) is 3.68. The van der Waals surface area contributed by atoms with Crippen molar-refractivity contribution in [1.82, 2.24) is 20.5 Å². The molecular formula is C17H26ClN5O. The molecule has 0 aliphatic carbocycles. The predicted octanol–water partition coefficient (Wildman–Crippen LogP) is 2.77. The van der Waals surface area contributed by atoms with Gasteiger partial charge in [-0.25, -0.2) is 9.80 Å². The van der Waals surface area contributed by atoms with Crippen molar-refractivity contribution in [3.05, 3.63) is 29.3 Å². The molecule has 0 radical (unpaired) electrons. The van der Waals surface area contributed by atoms with Crippen molar-refractivity contribution in [3.8, 4) is 0 Å². The number of urea groups is 1. The van der Waals surface area contributed by atoms with Crippen molar-refractivity contribution in [1.29, 1.82) is 0 Å². The maximum atomic E-state index is 12.2. The van der Waals surface area contributed by atoms with E-state index in [9.17, 15) is 4.79 Å². The predicted molar refractivity (Wildman–Crippen MR) is 96.7 cm³/mol. The lowest BCUT2D eigenvalue weighted by molar-refractivity contribution is -0.0967. The molecule has 1 atom stereocenters. The molecule has 2 amide bonds. The number of nitrogens with zero attached hydrogens (tertiary/aromatic N) is 4. The normalized spacial score (nSPS) is 23.0. The average molecular weight is 352 g/mol. The fourth-order valence-electron chi connectivity index (χ4n) is 3.49. The minimum absolute atomic E-state index is 0.0148. The van der Waals surface area contributed by atoms with Crippen molar-refractivity contribution in [3.63, 3.8) is 0 Å². The second kappa shape index (κ2) is 7.59. The zero-order valence-corrected chi connectivity index (χ0v) is 15.2. The lowest BCUT2D eigenvalue weighted by Crippen LogP contribution is -2.59. The highest BCUT2D eigenvalue weighted by Gasteiger charge is 2.39. The molecule has 2 fully saturated rings. The van der Waals surface area contributed by atoms with Gasteiger partial charge < -0.3 is 9.80 Å². The van der Waals surface area contributed by atoms with Gasteiger partial charge in [0.2, 0.25) is 0 Å². The van der Waals surface area contributed by atoms with E-state index in [-0.39, 0.29) is 12.2 Å². The van der Waals surface area contributed by atoms with E-state index in [2.05, 4.69) is 35.2 Å². The minimum Gasteiger partial charge on any atom is -0.369 e. The van der Waals surface area contributed by atoms with Gasteiger partial charge in [-0.1, -0.05) is 31.5 Å². The maximum absolute atomic E-state index is 12.2. The summed E-state index contributed by atoms with van der Waals surface area (Å²) in [5, 5.41) is 5.05. The van der Waals surface area contributed by atoms with Crippen LogP contribution in [0.5, 0.6) is 0 Å². The highest BCUT2D eigenvalue weighted by atomic mass is 35.5. The van der Waals surface area contributed by atoms with Crippen LogP contribution in [-0.2, 0) is 0 Å². The molecule has 2 aliphatic rings. The summed E-state index contributed by atoms with van der Waals surface area (Å²) in [6, 6.07) is 8.00. The first kappa shape index (κ1) is 17.3. The number of carbonyl (C=O) groups excluding carboxylic acids is 1. The maximum Gasteiger partial charge on any atom is 0.334 e. The monoisotopic (exact) mass is 351 g/mol. The van der Waals surface area contributed by atoms with Gasteiger partial charge in [-0.2, -0.15) is 0 Å². The summed E-state index contributed by atoms with van der Waals surface area (Å²) >= 11 is 6.10. The molecule has 1 unspecified atom stereocenters. The first-order valence-corrected chi connectivity index (χ1v) is 9.13. The molecule has 0 saturated carbocycles. The van der Waals surface area contributed by atoms with Crippen molar-refractivity contribution >= 4 is 23.3 Å². The second-order valence-corrected chi connectivity index (χ2v) is 6.70. The Bertz CT molecular complexity index is 576. The molecule has 1 aromatic carbocycles. The van der Waals surface area contributed by atoms with Crippen molar-refractivity contribution in [2.75, 3.05) is 37.6 Å². The summed E-state index contributed by atoms with van der Waals surface area (Å²) in [7, 11) is 0. The molecule has 0 bridgehead atoms. The molecule has 2 heterocycles. The molecule has 1 aromatic rings. The van der Waals surface area contributed by atoms with Crippen LogP contribution in [-0.4, -0.2) is 59.9 Å². The van der Waals surface area contributed by atoms with Crippen LogP contribution in [0.15, 0.2) is 24.3 Å². The third-order valence-corrected chi connectivity index (χ3v) is 4.91. The van der Waals surface area contributed by atoms with Crippen molar-refractivity contribution < 1.29 is 4.79 Å². The zero-order chi connectivity index (χ0) is 17.1. The van der Waals surface area contributed by atoms with Gasteiger partial charge in [0, 0.05) is 43.4 Å². The quantitative estimate of drug-likeness (QED) is 0.885.